The Balaban J connectivity index is 0. The molecule has 1 rings (SSSR count). The van der Waals surface area contributed by atoms with Crippen molar-refractivity contribution in [3.8, 4) is 0 Å². The molecule has 0 bridgehead atoms. The second-order valence-corrected chi connectivity index (χ2v) is 4.38. The highest BCUT2D eigenvalue weighted by molar-refractivity contribution is 5.80. The summed E-state index contributed by atoms with van der Waals surface area (Å²) in [6.45, 7) is 12.2. The lowest BCUT2D eigenvalue weighted by molar-refractivity contribution is -0.138. The highest BCUT2D eigenvalue weighted by Crippen LogP contribution is 2.17. The minimum Gasteiger partial charge on any atom is -0.375 e. The van der Waals surface area contributed by atoms with Gasteiger partial charge >= 0.3 is 0 Å². The first-order valence-electron chi connectivity index (χ1n) is 8.23. The van der Waals surface area contributed by atoms with Crippen LogP contribution in [-0.2, 0) is 14.3 Å². The van der Waals surface area contributed by atoms with E-state index in [0.717, 1.165) is 25.8 Å². The van der Waals surface area contributed by atoms with E-state index in [0.29, 0.717) is 13.1 Å². The van der Waals surface area contributed by atoms with Crippen LogP contribution in [0.3, 0.4) is 0 Å². The zero-order valence-corrected chi connectivity index (χ0v) is 14.7. The molecule has 5 nitrogen and oxygen atoms in total. The number of hydrogen-bond donors (Lipinski definition) is 1. The molecule has 0 aromatic heterocycles. The second-order valence-electron chi connectivity index (χ2n) is 4.38. The fourth-order valence-electron chi connectivity index (χ4n) is 2.00. The van der Waals surface area contributed by atoms with Gasteiger partial charge in [-0.05, 0) is 19.3 Å². The molecule has 0 atom stereocenters. The molecular formula is C16H34N2O3. The lowest BCUT2D eigenvalue weighted by Crippen LogP contribution is -2.44. The van der Waals surface area contributed by atoms with Gasteiger partial charge in [0.25, 0.3) is 0 Å². The summed E-state index contributed by atoms with van der Waals surface area (Å²) in [5, 5.41) is 2.90. The van der Waals surface area contributed by atoms with Gasteiger partial charge in [0.2, 0.25) is 11.8 Å². The van der Waals surface area contributed by atoms with Crippen LogP contribution in [0.25, 0.3) is 0 Å². The van der Waals surface area contributed by atoms with Gasteiger partial charge in [-0.15, -0.1) is 0 Å². The van der Waals surface area contributed by atoms with Crippen molar-refractivity contribution in [1.29, 1.82) is 0 Å². The molecule has 0 radical (unpaired) electrons. The van der Waals surface area contributed by atoms with Gasteiger partial charge in [0.15, 0.2) is 0 Å². The second kappa shape index (κ2) is 15.3. The SMILES string of the molecule is CC.CC.CCCNC(=O)C1CCN(C(=O)COC)CC1. The quantitative estimate of drug-likeness (QED) is 0.848. The van der Waals surface area contributed by atoms with Crippen LogP contribution in [0.5, 0.6) is 0 Å². The predicted molar refractivity (Wildman–Crippen MR) is 87.2 cm³/mol. The van der Waals surface area contributed by atoms with Crippen molar-refractivity contribution in [2.45, 2.75) is 53.9 Å². The summed E-state index contributed by atoms with van der Waals surface area (Å²) in [6.07, 6.45) is 2.47. The van der Waals surface area contributed by atoms with Crippen molar-refractivity contribution in [3.63, 3.8) is 0 Å². The van der Waals surface area contributed by atoms with Gasteiger partial charge in [-0.25, -0.2) is 0 Å². The lowest BCUT2D eigenvalue weighted by Gasteiger charge is -2.31. The summed E-state index contributed by atoms with van der Waals surface area (Å²) in [6, 6.07) is 0. The topological polar surface area (TPSA) is 58.6 Å². The molecule has 1 aliphatic rings. The Morgan fingerprint density at radius 3 is 2.10 bits per heavy atom. The molecule has 0 unspecified atom stereocenters. The highest BCUT2D eigenvalue weighted by Gasteiger charge is 2.26. The van der Waals surface area contributed by atoms with Crippen LogP contribution < -0.4 is 5.32 Å². The van der Waals surface area contributed by atoms with Crippen molar-refractivity contribution in [2.75, 3.05) is 33.4 Å². The number of carbonyl (C=O) groups is 2. The van der Waals surface area contributed by atoms with Gasteiger partial charge in [-0.2, -0.15) is 0 Å². The first-order chi connectivity index (χ1) is 10.2. The molecule has 1 N–H and O–H groups in total. The Morgan fingerprint density at radius 2 is 1.67 bits per heavy atom. The average molecular weight is 302 g/mol. The molecule has 1 fully saturated rings. The summed E-state index contributed by atoms with van der Waals surface area (Å²) < 4.78 is 4.81. The number of ether oxygens (including phenoxy) is 1. The average Bonchev–Trinajstić information content (AvgIpc) is 2.56. The van der Waals surface area contributed by atoms with E-state index in [4.69, 9.17) is 4.74 Å². The Bertz CT molecular complexity index is 262. The molecule has 2 amide bonds. The van der Waals surface area contributed by atoms with Crippen molar-refractivity contribution >= 4 is 11.8 Å². The van der Waals surface area contributed by atoms with E-state index >= 15 is 0 Å². The van der Waals surface area contributed by atoms with Crippen molar-refractivity contribution in [1.82, 2.24) is 10.2 Å². The molecule has 0 aromatic carbocycles. The molecule has 21 heavy (non-hydrogen) atoms. The predicted octanol–water partition coefficient (Wildman–Crippen LogP) is 2.45. The Hall–Kier alpha value is -1.10. The van der Waals surface area contributed by atoms with E-state index in [1.807, 2.05) is 34.6 Å². The summed E-state index contributed by atoms with van der Waals surface area (Å²) in [5.74, 6) is 0.207. The van der Waals surface area contributed by atoms with Crippen LogP contribution >= 0.6 is 0 Å². The largest absolute Gasteiger partial charge is 0.375 e. The maximum atomic E-state index is 11.7. The zero-order chi connectivity index (χ0) is 16.7. The summed E-state index contributed by atoms with van der Waals surface area (Å²) in [4.78, 5) is 25.0. The van der Waals surface area contributed by atoms with Crippen LogP contribution in [0, 0.1) is 5.92 Å². The molecule has 1 saturated heterocycles. The Morgan fingerprint density at radius 1 is 1.14 bits per heavy atom. The zero-order valence-electron chi connectivity index (χ0n) is 14.7. The molecule has 0 aliphatic carbocycles. The van der Waals surface area contributed by atoms with E-state index in [-0.39, 0.29) is 24.3 Å². The number of amides is 2. The number of carbonyl (C=O) groups excluding carboxylic acids is 2. The van der Waals surface area contributed by atoms with E-state index < -0.39 is 0 Å². The molecular weight excluding hydrogens is 268 g/mol. The van der Waals surface area contributed by atoms with E-state index in [9.17, 15) is 9.59 Å². The van der Waals surface area contributed by atoms with Gasteiger partial charge < -0.3 is 15.0 Å². The minimum absolute atomic E-state index is 0.0138. The smallest absolute Gasteiger partial charge is 0.248 e. The number of likely N-dealkylation sites (tertiary alicyclic amines) is 1. The molecule has 0 saturated carbocycles. The number of hydrogen-bond acceptors (Lipinski definition) is 3. The summed E-state index contributed by atoms with van der Waals surface area (Å²) in [5.41, 5.74) is 0. The van der Waals surface area contributed by atoms with Gasteiger partial charge in [-0.1, -0.05) is 34.6 Å². The third-order valence-corrected chi connectivity index (χ3v) is 3.04. The fraction of sp³-hybridized carbons (Fsp3) is 0.875. The lowest BCUT2D eigenvalue weighted by atomic mass is 9.96. The van der Waals surface area contributed by atoms with Gasteiger partial charge in [0.1, 0.15) is 6.61 Å². The fourth-order valence-corrected chi connectivity index (χ4v) is 2.00. The van der Waals surface area contributed by atoms with Crippen LogP contribution in [0.4, 0.5) is 0 Å². The third-order valence-electron chi connectivity index (χ3n) is 3.04. The summed E-state index contributed by atoms with van der Waals surface area (Å²) in [7, 11) is 1.52. The maximum Gasteiger partial charge on any atom is 0.248 e. The highest BCUT2D eigenvalue weighted by atomic mass is 16.5. The Kier molecular flexibility index (Phi) is 16.2. The monoisotopic (exact) mass is 302 g/mol. The first-order valence-corrected chi connectivity index (χ1v) is 8.23. The molecule has 5 heteroatoms. The number of nitrogens with one attached hydrogen (secondary N) is 1. The molecule has 1 heterocycles. The Labute approximate surface area is 130 Å². The summed E-state index contributed by atoms with van der Waals surface area (Å²) >= 11 is 0. The number of piperidine rings is 1. The van der Waals surface area contributed by atoms with Crippen LogP contribution in [-0.4, -0.2) is 50.1 Å². The van der Waals surface area contributed by atoms with Crippen LogP contribution in [0.1, 0.15) is 53.9 Å². The van der Waals surface area contributed by atoms with Crippen molar-refractivity contribution in [2.24, 2.45) is 5.92 Å². The molecule has 1 aliphatic heterocycles. The normalized spacial score (nSPS) is 14.3. The van der Waals surface area contributed by atoms with E-state index in [2.05, 4.69) is 5.32 Å². The van der Waals surface area contributed by atoms with Gasteiger partial charge in [0.05, 0.1) is 0 Å². The number of nitrogens with zero attached hydrogens (tertiary/aromatic N) is 1. The van der Waals surface area contributed by atoms with E-state index in [1.54, 1.807) is 4.90 Å². The van der Waals surface area contributed by atoms with Crippen LogP contribution in [0.15, 0.2) is 0 Å². The van der Waals surface area contributed by atoms with Crippen molar-refractivity contribution < 1.29 is 14.3 Å². The third kappa shape index (κ3) is 9.45. The molecule has 126 valence electrons. The first kappa shape index (κ1) is 22.2. The van der Waals surface area contributed by atoms with Gasteiger partial charge in [-0.3, -0.25) is 9.59 Å². The molecule has 0 aromatic rings. The molecule has 0 spiro atoms. The number of methoxy groups -OCH3 is 1. The minimum atomic E-state index is 0.0138. The standard InChI is InChI=1S/C12H22N2O3.2C2H6/c1-3-6-13-12(16)10-4-7-14(8-5-10)11(15)9-17-2;2*1-2/h10H,3-9H2,1-2H3,(H,13,16);2*1-2H3. The van der Waals surface area contributed by atoms with E-state index in [1.165, 1.54) is 7.11 Å². The maximum absolute atomic E-state index is 11.7. The van der Waals surface area contributed by atoms with Crippen LogP contribution in [0.2, 0.25) is 0 Å². The number of rotatable bonds is 5. The van der Waals surface area contributed by atoms with Crippen molar-refractivity contribution in [3.05, 3.63) is 0 Å². The van der Waals surface area contributed by atoms with Gasteiger partial charge in [0, 0.05) is 32.7 Å².